The summed E-state index contributed by atoms with van der Waals surface area (Å²) < 4.78 is 6.50. The van der Waals surface area contributed by atoms with Gasteiger partial charge in [0.05, 0.1) is 29.6 Å². The number of ether oxygens (including phenoxy) is 1. The van der Waals surface area contributed by atoms with E-state index in [0.717, 1.165) is 16.7 Å². The molecule has 1 aromatic heterocycles. The third kappa shape index (κ3) is 3.87. The van der Waals surface area contributed by atoms with Gasteiger partial charge in [-0.1, -0.05) is 48.5 Å². The van der Waals surface area contributed by atoms with Gasteiger partial charge in [0.2, 0.25) is 0 Å². The first-order chi connectivity index (χ1) is 15.4. The number of para-hydroxylation sites is 1. The monoisotopic (exact) mass is 427 g/mol. The molecule has 0 spiro atoms. The molecule has 0 amide bonds. The van der Waals surface area contributed by atoms with E-state index in [2.05, 4.69) is 5.32 Å². The predicted molar refractivity (Wildman–Crippen MR) is 127 cm³/mol. The molecule has 0 bridgehead atoms. The molecule has 6 nitrogen and oxygen atoms in total. The molecule has 4 rings (SSSR count). The Morgan fingerprint density at radius 2 is 1.75 bits per heavy atom. The maximum atomic E-state index is 13.2. The minimum Gasteiger partial charge on any atom is -0.465 e. The molecule has 4 aromatic rings. The molecule has 0 unspecified atom stereocenters. The third-order valence-corrected chi connectivity index (χ3v) is 5.56. The highest BCUT2D eigenvalue weighted by molar-refractivity contribution is 5.95. The lowest BCUT2D eigenvalue weighted by atomic mass is 10.00. The van der Waals surface area contributed by atoms with Crippen LogP contribution in [0.1, 0.15) is 34.5 Å². The summed E-state index contributed by atoms with van der Waals surface area (Å²) in [6, 6.07) is 20.6. The van der Waals surface area contributed by atoms with E-state index >= 15 is 0 Å². The highest BCUT2D eigenvalue weighted by Gasteiger charge is 2.19. The van der Waals surface area contributed by atoms with Crippen LogP contribution in [-0.4, -0.2) is 22.6 Å². The van der Waals surface area contributed by atoms with Crippen LogP contribution >= 0.6 is 0 Å². The second kappa shape index (κ2) is 8.67. The molecule has 0 saturated carbocycles. The Hall–Kier alpha value is -3.93. The molecule has 0 aliphatic rings. The van der Waals surface area contributed by atoms with Gasteiger partial charge in [-0.2, -0.15) is 0 Å². The first-order valence-electron chi connectivity index (χ1n) is 10.4. The van der Waals surface area contributed by atoms with Gasteiger partial charge in [-0.3, -0.25) is 9.36 Å². The van der Waals surface area contributed by atoms with Gasteiger partial charge in [0, 0.05) is 23.9 Å². The average Bonchev–Trinajstić information content (AvgIpc) is 2.81. The SMILES string of the molecule is COC(=O)c1ccccc1N[C@H](C)c1cc(C)cc2c(=O)n(C)c(-c3ccccc3)nc12. The van der Waals surface area contributed by atoms with E-state index in [9.17, 15) is 9.59 Å². The number of rotatable bonds is 5. The van der Waals surface area contributed by atoms with E-state index in [0.29, 0.717) is 28.0 Å². The van der Waals surface area contributed by atoms with Crippen molar-refractivity contribution in [1.29, 1.82) is 0 Å². The summed E-state index contributed by atoms with van der Waals surface area (Å²) in [5.74, 6) is 0.197. The van der Waals surface area contributed by atoms with Gasteiger partial charge in [-0.25, -0.2) is 9.78 Å². The number of esters is 1. The second-order valence-corrected chi connectivity index (χ2v) is 7.82. The maximum absolute atomic E-state index is 13.2. The fourth-order valence-corrected chi connectivity index (χ4v) is 3.94. The fourth-order valence-electron chi connectivity index (χ4n) is 3.94. The standard InChI is InChI=1S/C26H25N3O3/c1-16-14-20(17(2)27-22-13-9-8-12-19(22)26(31)32-4)23-21(15-16)25(30)29(3)24(28-23)18-10-6-5-7-11-18/h5-15,17,27H,1-4H3/t17-/m1/s1. The van der Waals surface area contributed by atoms with E-state index in [1.807, 2.05) is 68.4 Å². The molecule has 6 heteroatoms. The van der Waals surface area contributed by atoms with Crippen molar-refractivity contribution in [3.05, 3.63) is 93.8 Å². The van der Waals surface area contributed by atoms with Crippen molar-refractivity contribution < 1.29 is 9.53 Å². The summed E-state index contributed by atoms with van der Waals surface area (Å²) in [5, 5.41) is 3.97. The zero-order chi connectivity index (χ0) is 22.8. The van der Waals surface area contributed by atoms with Crippen LogP contribution in [0.15, 0.2) is 71.5 Å². The molecule has 0 radical (unpaired) electrons. The summed E-state index contributed by atoms with van der Waals surface area (Å²) in [5.41, 5.74) is 4.39. The van der Waals surface area contributed by atoms with E-state index in [-0.39, 0.29) is 11.6 Å². The van der Waals surface area contributed by atoms with E-state index in [1.54, 1.807) is 23.7 Å². The predicted octanol–water partition coefficient (Wildman–Crippen LogP) is 4.87. The van der Waals surface area contributed by atoms with Crippen LogP contribution in [0.3, 0.4) is 0 Å². The lowest BCUT2D eigenvalue weighted by Crippen LogP contribution is -2.22. The molecule has 32 heavy (non-hydrogen) atoms. The molecule has 0 aliphatic heterocycles. The van der Waals surface area contributed by atoms with Crippen molar-refractivity contribution in [1.82, 2.24) is 9.55 Å². The Morgan fingerprint density at radius 3 is 2.47 bits per heavy atom. The summed E-state index contributed by atoms with van der Waals surface area (Å²) in [6.07, 6.45) is 0. The summed E-state index contributed by atoms with van der Waals surface area (Å²) in [4.78, 5) is 30.3. The van der Waals surface area contributed by atoms with Gasteiger partial charge < -0.3 is 10.1 Å². The number of aryl methyl sites for hydroxylation is 1. The fraction of sp³-hybridized carbons (Fsp3) is 0.192. The van der Waals surface area contributed by atoms with Crippen LogP contribution in [-0.2, 0) is 11.8 Å². The van der Waals surface area contributed by atoms with E-state index in [4.69, 9.17) is 9.72 Å². The molecule has 162 valence electrons. The van der Waals surface area contributed by atoms with Crippen LogP contribution in [0.4, 0.5) is 5.69 Å². The number of methoxy groups -OCH3 is 1. The number of nitrogens with zero attached hydrogens (tertiary/aromatic N) is 2. The highest BCUT2D eigenvalue weighted by atomic mass is 16.5. The smallest absolute Gasteiger partial charge is 0.339 e. The molecule has 1 atom stereocenters. The minimum atomic E-state index is -0.409. The topological polar surface area (TPSA) is 73.2 Å². The molecular formula is C26H25N3O3. The number of fused-ring (bicyclic) bond motifs is 1. The third-order valence-electron chi connectivity index (χ3n) is 5.56. The number of benzene rings is 3. The van der Waals surface area contributed by atoms with Gasteiger partial charge in [0.25, 0.3) is 5.56 Å². The zero-order valence-corrected chi connectivity index (χ0v) is 18.5. The van der Waals surface area contributed by atoms with Gasteiger partial charge in [0.1, 0.15) is 5.82 Å². The van der Waals surface area contributed by atoms with E-state index in [1.165, 1.54) is 7.11 Å². The van der Waals surface area contributed by atoms with Crippen molar-refractivity contribution in [2.45, 2.75) is 19.9 Å². The van der Waals surface area contributed by atoms with Crippen LogP contribution < -0.4 is 10.9 Å². The first-order valence-corrected chi connectivity index (χ1v) is 10.4. The molecule has 3 aromatic carbocycles. The number of carbonyl (C=O) groups is 1. The first kappa shape index (κ1) is 21.3. The number of aromatic nitrogens is 2. The summed E-state index contributed by atoms with van der Waals surface area (Å²) in [6.45, 7) is 3.95. The number of hydrogen-bond acceptors (Lipinski definition) is 5. The number of carbonyl (C=O) groups excluding carboxylic acids is 1. The lowest BCUT2D eigenvalue weighted by molar-refractivity contribution is 0.0602. The van der Waals surface area contributed by atoms with Gasteiger partial charge >= 0.3 is 5.97 Å². The number of hydrogen-bond donors (Lipinski definition) is 1. The number of nitrogens with one attached hydrogen (secondary N) is 1. The molecule has 0 saturated heterocycles. The Bertz CT molecular complexity index is 1360. The van der Waals surface area contributed by atoms with Crippen molar-refractivity contribution in [3.63, 3.8) is 0 Å². The van der Waals surface area contributed by atoms with E-state index < -0.39 is 5.97 Å². The average molecular weight is 428 g/mol. The largest absolute Gasteiger partial charge is 0.465 e. The van der Waals surface area contributed by atoms with Gasteiger partial charge in [-0.15, -0.1) is 0 Å². The van der Waals surface area contributed by atoms with Crippen LogP contribution in [0.25, 0.3) is 22.3 Å². The van der Waals surface area contributed by atoms with Crippen molar-refractivity contribution in [2.24, 2.45) is 7.05 Å². The molecular weight excluding hydrogens is 402 g/mol. The molecule has 1 N–H and O–H groups in total. The van der Waals surface area contributed by atoms with Crippen LogP contribution in [0.2, 0.25) is 0 Å². The number of anilines is 1. The summed E-state index contributed by atoms with van der Waals surface area (Å²) >= 11 is 0. The highest BCUT2D eigenvalue weighted by Crippen LogP contribution is 2.29. The molecule has 1 heterocycles. The minimum absolute atomic E-state index is 0.0963. The Labute approximate surface area is 186 Å². The van der Waals surface area contributed by atoms with Gasteiger partial charge in [0.15, 0.2) is 0 Å². The Balaban J connectivity index is 1.87. The quantitative estimate of drug-likeness (QED) is 0.460. The lowest BCUT2D eigenvalue weighted by Gasteiger charge is -2.20. The molecule has 0 aliphatic carbocycles. The Kier molecular flexibility index (Phi) is 5.77. The van der Waals surface area contributed by atoms with Crippen molar-refractivity contribution in [3.8, 4) is 11.4 Å². The van der Waals surface area contributed by atoms with Crippen LogP contribution in [0.5, 0.6) is 0 Å². The summed E-state index contributed by atoms with van der Waals surface area (Å²) in [7, 11) is 3.11. The second-order valence-electron chi connectivity index (χ2n) is 7.82. The van der Waals surface area contributed by atoms with Crippen molar-refractivity contribution in [2.75, 3.05) is 12.4 Å². The van der Waals surface area contributed by atoms with Crippen LogP contribution in [0, 0.1) is 6.92 Å². The van der Waals surface area contributed by atoms with Crippen molar-refractivity contribution >= 4 is 22.6 Å². The van der Waals surface area contributed by atoms with Gasteiger partial charge in [-0.05, 0) is 37.6 Å². The normalized spacial score (nSPS) is 11.9. The Morgan fingerprint density at radius 1 is 1.06 bits per heavy atom. The maximum Gasteiger partial charge on any atom is 0.339 e. The molecule has 0 fully saturated rings. The zero-order valence-electron chi connectivity index (χ0n) is 18.5.